The number of rotatable bonds is 4. The highest BCUT2D eigenvalue weighted by Crippen LogP contribution is 2.38. The van der Waals surface area contributed by atoms with Crippen molar-refractivity contribution in [2.24, 2.45) is 0 Å². The summed E-state index contributed by atoms with van der Waals surface area (Å²) >= 11 is 3.61. The third kappa shape index (κ3) is 4.23. The Morgan fingerprint density at radius 3 is 1.36 bits per heavy atom. The van der Waals surface area contributed by atoms with Gasteiger partial charge >= 0.3 is 0 Å². The minimum atomic E-state index is 1.09. The van der Waals surface area contributed by atoms with Gasteiger partial charge in [-0.25, -0.2) is 0 Å². The van der Waals surface area contributed by atoms with Crippen molar-refractivity contribution >= 4 is 59.5 Å². The number of halogens is 1. The summed E-state index contributed by atoms with van der Waals surface area (Å²) in [5, 5.41) is 5.04. The lowest BCUT2D eigenvalue weighted by Crippen LogP contribution is -1.94. The molecule has 0 unspecified atom stereocenters. The molecule has 0 bridgehead atoms. The van der Waals surface area contributed by atoms with Crippen LogP contribution in [0.4, 0.5) is 0 Å². The van der Waals surface area contributed by atoms with E-state index < -0.39 is 0 Å². The van der Waals surface area contributed by atoms with Gasteiger partial charge in [-0.2, -0.15) is 0 Å². The zero-order chi connectivity index (χ0) is 29.9. The van der Waals surface area contributed by atoms with Crippen molar-refractivity contribution in [2.45, 2.75) is 0 Å². The number of fused-ring (bicyclic) bond motifs is 6. The van der Waals surface area contributed by atoms with E-state index >= 15 is 0 Å². The maximum absolute atomic E-state index is 3.61. The number of para-hydroxylation sites is 3. The van der Waals surface area contributed by atoms with Crippen molar-refractivity contribution in [1.82, 2.24) is 9.13 Å². The van der Waals surface area contributed by atoms with Gasteiger partial charge in [0.15, 0.2) is 0 Å². The SMILES string of the molecule is Brc1cccc(-c2ccc(-n3c4ccccc4c4cc(-c5ccc6c(c5)c5ccccc5n6-c5ccccc5)ccc43)cc2)c1. The molecule has 9 rings (SSSR count). The second kappa shape index (κ2) is 10.4. The van der Waals surface area contributed by atoms with Crippen LogP contribution in [0.25, 0.3) is 77.2 Å². The van der Waals surface area contributed by atoms with Crippen LogP contribution < -0.4 is 0 Å². The van der Waals surface area contributed by atoms with Crippen molar-refractivity contribution in [1.29, 1.82) is 0 Å². The first-order chi connectivity index (χ1) is 22.2. The third-order valence-corrected chi connectivity index (χ3v) is 9.47. The van der Waals surface area contributed by atoms with Crippen molar-refractivity contribution in [3.05, 3.63) is 168 Å². The molecule has 0 spiro atoms. The Balaban J connectivity index is 1.19. The first-order valence-corrected chi connectivity index (χ1v) is 16.0. The summed E-state index contributed by atoms with van der Waals surface area (Å²) in [4.78, 5) is 0. The molecule has 9 aromatic rings. The summed E-state index contributed by atoms with van der Waals surface area (Å²) in [5.74, 6) is 0. The molecule has 2 heterocycles. The quantitative estimate of drug-likeness (QED) is 0.181. The normalized spacial score (nSPS) is 11.7. The van der Waals surface area contributed by atoms with E-state index in [4.69, 9.17) is 0 Å². The average molecular weight is 640 g/mol. The number of aromatic nitrogens is 2. The van der Waals surface area contributed by atoms with Crippen molar-refractivity contribution in [2.75, 3.05) is 0 Å². The predicted octanol–water partition coefficient (Wildman–Crippen LogP) is 12.0. The highest BCUT2D eigenvalue weighted by atomic mass is 79.9. The number of hydrogen-bond donors (Lipinski definition) is 0. The third-order valence-electron chi connectivity index (χ3n) is 8.98. The molecule has 0 atom stereocenters. The maximum Gasteiger partial charge on any atom is 0.0541 e. The topological polar surface area (TPSA) is 9.86 Å². The first-order valence-electron chi connectivity index (χ1n) is 15.2. The van der Waals surface area contributed by atoms with Crippen LogP contribution >= 0.6 is 15.9 Å². The Labute approximate surface area is 269 Å². The summed E-state index contributed by atoms with van der Waals surface area (Å²) < 4.78 is 5.84. The molecule has 0 fully saturated rings. The fourth-order valence-corrected chi connectivity index (χ4v) is 7.31. The van der Waals surface area contributed by atoms with Gasteiger partial charge in [-0.1, -0.05) is 107 Å². The van der Waals surface area contributed by atoms with Gasteiger partial charge in [0.2, 0.25) is 0 Å². The molecule has 2 nitrogen and oxygen atoms in total. The van der Waals surface area contributed by atoms with Gasteiger partial charge < -0.3 is 9.13 Å². The van der Waals surface area contributed by atoms with Gasteiger partial charge in [-0.05, 0) is 95.1 Å². The molecule has 0 saturated heterocycles. The van der Waals surface area contributed by atoms with Crippen molar-refractivity contribution < 1.29 is 0 Å². The van der Waals surface area contributed by atoms with E-state index in [1.807, 2.05) is 0 Å². The van der Waals surface area contributed by atoms with E-state index in [1.165, 1.54) is 71.6 Å². The second-order valence-electron chi connectivity index (χ2n) is 11.6. The molecule has 0 N–H and O–H groups in total. The Hall–Kier alpha value is -5.38. The summed E-state index contributed by atoms with van der Waals surface area (Å²) in [6.45, 7) is 0. The smallest absolute Gasteiger partial charge is 0.0541 e. The molecule has 45 heavy (non-hydrogen) atoms. The van der Waals surface area contributed by atoms with Crippen LogP contribution in [0.3, 0.4) is 0 Å². The largest absolute Gasteiger partial charge is 0.309 e. The van der Waals surface area contributed by atoms with E-state index in [9.17, 15) is 0 Å². The Morgan fingerprint density at radius 2 is 0.778 bits per heavy atom. The lowest BCUT2D eigenvalue weighted by Gasteiger charge is -2.10. The summed E-state index contributed by atoms with van der Waals surface area (Å²) in [5.41, 5.74) is 12.0. The number of hydrogen-bond acceptors (Lipinski definition) is 0. The molecule has 0 saturated carbocycles. The van der Waals surface area contributed by atoms with Crippen LogP contribution in [0, 0.1) is 0 Å². The standard InChI is InChI=1S/C42H27BrN2/c43-32-10-8-9-29(25-32)28-17-21-34(22-18-28)45-40-16-7-5-14-36(40)38-27-31(20-24-42(38)45)30-19-23-41-37(26-30)35-13-4-6-15-39(35)44(41)33-11-2-1-3-12-33/h1-27H. The molecule has 0 aliphatic rings. The van der Waals surface area contributed by atoms with E-state index in [0.717, 1.165) is 10.2 Å². The molecular weight excluding hydrogens is 612 g/mol. The van der Waals surface area contributed by atoms with Gasteiger partial charge in [-0.15, -0.1) is 0 Å². The van der Waals surface area contributed by atoms with Crippen LogP contribution in [0.2, 0.25) is 0 Å². The number of nitrogens with zero attached hydrogens (tertiary/aromatic N) is 2. The zero-order valence-corrected chi connectivity index (χ0v) is 25.9. The van der Waals surface area contributed by atoms with Crippen LogP contribution in [-0.2, 0) is 0 Å². The van der Waals surface area contributed by atoms with Gasteiger partial charge in [0.1, 0.15) is 0 Å². The fraction of sp³-hybridized carbons (Fsp3) is 0. The van der Waals surface area contributed by atoms with E-state index in [2.05, 4.69) is 189 Å². The highest BCUT2D eigenvalue weighted by molar-refractivity contribution is 9.10. The monoisotopic (exact) mass is 638 g/mol. The fourth-order valence-electron chi connectivity index (χ4n) is 6.91. The Bertz CT molecular complexity index is 2540. The van der Waals surface area contributed by atoms with Gasteiger partial charge in [0.25, 0.3) is 0 Å². The van der Waals surface area contributed by atoms with Crippen molar-refractivity contribution in [3.63, 3.8) is 0 Å². The van der Waals surface area contributed by atoms with Crippen LogP contribution in [0.15, 0.2) is 168 Å². The maximum atomic E-state index is 3.61. The molecule has 3 heteroatoms. The van der Waals surface area contributed by atoms with Crippen molar-refractivity contribution in [3.8, 4) is 33.6 Å². The van der Waals surface area contributed by atoms with Crippen LogP contribution in [-0.4, -0.2) is 9.13 Å². The van der Waals surface area contributed by atoms with Crippen LogP contribution in [0.1, 0.15) is 0 Å². The lowest BCUT2D eigenvalue weighted by molar-refractivity contribution is 1.18. The Kier molecular flexibility index (Phi) is 6.00. The number of benzene rings is 7. The average Bonchev–Trinajstić information content (AvgIpc) is 3.61. The van der Waals surface area contributed by atoms with Gasteiger partial charge in [0, 0.05) is 37.4 Å². The molecular formula is C42H27BrN2. The van der Waals surface area contributed by atoms with E-state index in [1.54, 1.807) is 0 Å². The molecule has 0 amide bonds. The summed E-state index contributed by atoms with van der Waals surface area (Å²) in [6, 6.07) is 59.2. The minimum Gasteiger partial charge on any atom is -0.309 e. The molecule has 0 radical (unpaired) electrons. The van der Waals surface area contributed by atoms with Gasteiger partial charge in [0.05, 0.1) is 22.1 Å². The molecule has 0 aliphatic carbocycles. The van der Waals surface area contributed by atoms with Gasteiger partial charge in [-0.3, -0.25) is 0 Å². The first kappa shape index (κ1) is 26.1. The molecule has 0 aliphatic heterocycles. The minimum absolute atomic E-state index is 1.09. The van der Waals surface area contributed by atoms with E-state index in [0.29, 0.717) is 0 Å². The second-order valence-corrected chi connectivity index (χ2v) is 12.5. The summed E-state index contributed by atoms with van der Waals surface area (Å²) in [6.07, 6.45) is 0. The van der Waals surface area contributed by atoms with Crippen LogP contribution in [0.5, 0.6) is 0 Å². The highest BCUT2D eigenvalue weighted by Gasteiger charge is 2.16. The van der Waals surface area contributed by atoms with E-state index in [-0.39, 0.29) is 0 Å². The lowest BCUT2D eigenvalue weighted by atomic mass is 10.0. The molecule has 7 aromatic carbocycles. The zero-order valence-electron chi connectivity index (χ0n) is 24.4. The predicted molar refractivity (Wildman–Crippen MR) is 194 cm³/mol. The summed E-state index contributed by atoms with van der Waals surface area (Å²) in [7, 11) is 0. The Morgan fingerprint density at radius 1 is 0.311 bits per heavy atom. The molecule has 2 aromatic heterocycles. The molecule has 212 valence electrons.